The molecule has 1 fully saturated rings. The molecule has 3 nitrogen and oxygen atoms in total. The Morgan fingerprint density at radius 3 is 2.59 bits per heavy atom. The van der Waals surface area contributed by atoms with E-state index in [1.54, 1.807) is 0 Å². The first kappa shape index (κ1) is 14.5. The third-order valence-corrected chi connectivity index (χ3v) is 3.96. The van der Waals surface area contributed by atoms with Gasteiger partial charge in [0.25, 0.3) is 0 Å². The van der Waals surface area contributed by atoms with Crippen molar-refractivity contribution < 1.29 is 9.90 Å². The van der Waals surface area contributed by atoms with Crippen LogP contribution in [0.15, 0.2) is 0 Å². The van der Waals surface area contributed by atoms with Gasteiger partial charge in [0.05, 0.1) is 0 Å². The van der Waals surface area contributed by atoms with E-state index in [-0.39, 0.29) is 23.8 Å². The third kappa shape index (κ3) is 4.66. The van der Waals surface area contributed by atoms with Gasteiger partial charge in [-0.15, -0.1) is 0 Å². The summed E-state index contributed by atoms with van der Waals surface area (Å²) in [6, 6.07) is 0. The number of carbonyl (C=O) groups is 1. The maximum absolute atomic E-state index is 12.0. The molecule has 0 heterocycles. The zero-order valence-electron chi connectivity index (χ0n) is 11.3. The molecule has 100 valence electrons. The normalized spacial score (nSPS) is 22.6. The predicted octanol–water partition coefficient (Wildman–Crippen LogP) is 2.48. The molecule has 2 N–H and O–H groups in total. The van der Waals surface area contributed by atoms with Gasteiger partial charge in [-0.3, -0.25) is 4.79 Å². The number of nitrogens with one attached hydrogen (secondary N) is 1. The van der Waals surface area contributed by atoms with Gasteiger partial charge in [-0.25, -0.2) is 0 Å². The summed E-state index contributed by atoms with van der Waals surface area (Å²) >= 11 is 0. The number of rotatable bonds is 7. The van der Waals surface area contributed by atoms with Crippen LogP contribution in [0.4, 0.5) is 0 Å². The quantitative estimate of drug-likeness (QED) is 0.673. The summed E-state index contributed by atoms with van der Waals surface area (Å²) in [6.07, 6.45) is 7.45. The van der Waals surface area contributed by atoms with Crippen LogP contribution < -0.4 is 5.32 Å². The minimum Gasteiger partial charge on any atom is -0.396 e. The molecule has 1 rings (SSSR count). The van der Waals surface area contributed by atoms with E-state index in [2.05, 4.69) is 19.2 Å². The second-order valence-corrected chi connectivity index (χ2v) is 5.86. The zero-order chi connectivity index (χ0) is 12.7. The van der Waals surface area contributed by atoms with E-state index in [0.29, 0.717) is 0 Å². The summed E-state index contributed by atoms with van der Waals surface area (Å²) in [5.74, 6) is 0.453. The standard InChI is InChI=1S/C14H27NO2/c1-14(2)9-7-8-12(14)13(17)15-10-5-3-4-6-11-16/h12,16H,3-11H2,1-2H3,(H,15,17). The van der Waals surface area contributed by atoms with Crippen molar-refractivity contribution in [2.24, 2.45) is 11.3 Å². The van der Waals surface area contributed by atoms with Crippen LogP contribution in [0, 0.1) is 11.3 Å². The van der Waals surface area contributed by atoms with E-state index in [4.69, 9.17) is 5.11 Å². The topological polar surface area (TPSA) is 49.3 Å². The molecule has 1 unspecified atom stereocenters. The molecule has 17 heavy (non-hydrogen) atoms. The summed E-state index contributed by atoms with van der Waals surface area (Å²) in [4.78, 5) is 12.0. The smallest absolute Gasteiger partial charge is 0.223 e. The lowest BCUT2D eigenvalue weighted by molar-refractivity contribution is -0.127. The Kier molecular flexibility index (Phi) is 5.96. The number of hydrogen-bond acceptors (Lipinski definition) is 2. The SMILES string of the molecule is CC1(C)CCCC1C(=O)NCCCCCCO. The van der Waals surface area contributed by atoms with E-state index < -0.39 is 0 Å². The van der Waals surface area contributed by atoms with Crippen LogP contribution in [-0.4, -0.2) is 24.2 Å². The fourth-order valence-corrected chi connectivity index (χ4v) is 2.74. The van der Waals surface area contributed by atoms with E-state index >= 15 is 0 Å². The molecule has 0 saturated heterocycles. The lowest BCUT2D eigenvalue weighted by Crippen LogP contribution is -2.36. The van der Waals surface area contributed by atoms with Crippen molar-refractivity contribution in [1.29, 1.82) is 0 Å². The number of hydrogen-bond donors (Lipinski definition) is 2. The molecule has 1 aliphatic carbocycles. The highest BCUT2D eigenvalue weighted by Gasteiger charge is 2.38. The van der Waals surface area contributed by atoms with Gasteiger partial charge in [0.1, 0.15) is 0 Å². The molecule has 0 aromatic heterocycles. The van der Waals surface area contributed by atoms with Crippen molar-refractivity contribution in [2.45, 2.75) is 58.8 Å². The molecular formula is C14H27NO2. The van der Waals surface area contributed by atoms with Crippen molar-refractivity contribution in [2.75, 3.05) is 13.2 Å². The Labute approximate surface area is 105 Å². The Balaban J connectivity index is 2.13. The number of carbonyl (C=O) groups excluding carboxylic acids is 1. The fraction of sp³-hybridized carbons (Fsp3) is 0.929. The highest BCUT2D eigenvalue weighted by atomic mass is 16.2. The summed E-state index contributed by atoms with van der Waals surface area (Å²) in [5.41, 5.74) is 0.182. The molecule has 0 aromatic carbocycles. The first-order valence-corrected chi connectivity index (χ1v) is 6.96. The van der Waals surface area contributed by atoms with Gasteiger partial charge in [-0.05, 0) is 31.1 Å². The fourth-order valence-electron chi connectivity index (χ4n) is 2.74. The number of aliphatic hydroxyl groups is 1. The summed E-state index contributed by atoms with van der Waals surface area (Å²) in [7, 11) is 0. The molecule has 1 saturated carbocycles. The number of amides is 1. The van der Waals surface area contributed by atoms with E-state index in [1.807, 2.05) is 0 Å². The van der Waals surface area contributed by atoms with Gasteiger partial charge in [-0.2, -0.15) is 0 Å². The highest BCUT2D eigenvalue weighted by molar-refractivity contribution is 5.79. The second-order valence-electron chi connectivity index (χ2n) is 5.86. The van der Waals surface area contributed by atoms with Gasteiger partial charge in [0.15, 0.2) is 0 Å². The van der Waals surface area contributed by atoms with Crippen LogP contribution >= 0.6 is 0 Å². The average molecular weight is 241 g/mol. The first-order chi connectivity index (χ1) is 8.08. The minimum atomic E-state index is 0.182. The van der Waals surface area contributed by atoms with Gasteiger partial charge in [-0.1, -0.05) is 33.1 Å². The van der Waals surface area contributed by atoms with E-state index in [1.165, 1.54) is 12.8 Å². The molecule has 1 amide bonds. The Hall–Kier alpha value is -0.570. The van der Waals surface area contributed by atoms with Gasteiger partial charge < -0.3 is 10.4 Å². The van der Waals surface area contributed by atoms with Crippen LogP contribution in [0.1, 0.15) is 58.8 Å². The monoisotopic (exact) mass is 241 g/mol. The van der Waals surface area contributed by atoms with Crippen LogP contribution in [0.2, 0.25) is 0 Å². The summed E-state index contributed by atoms with van der Waals surface area (Å²) in [6.45, 7) is 5.47. The maximum Gasteiger partial charge on any atom is 0.223 e. The Morgan fingerprint density at radius 2 is 2.00 bits per heavy atom. The maximum atomic E-state index is 12.0. The van der Waals surface area contributed by atoms with Crippen LogP contribution in [0.3, 0.4) is 0 Å². The van der Waals surface area contributed by atoms with Crippen molar-refractivity contribution in [1.82, 2.24) is 5.32 Å². The van der Waals surface area contributed by atoms with E-state index in [0.717, 1.165) is 38.6 Å². The predicted molar refractivity (Wildman–Crippen MR) is 69.7 cm³/mol. The second kappa shape index (κ2) is 7.00. The molecule has 0 aliphatic heterocycles. The molecule has 0 bridgehead atoms. The molecule has 0 aromatic rings. The minimum absolute atomic E-state index is 0.182. The molecule has 1 aliphatic rings. The van der Waals surface area contributed by atoms with Crippen LogP contribution in [-0.2, 0) is 4.79 Å². The highest BCUT2D eigenvalue weighted by Crippen LogP contribution is 2.42. The lowest BCUT2D eigenvalue weighted by atomic mass is 9.81. The largest absolute Gasteiger partial charge is 0.396 e. The van der Waals surface area contributed by atoms with Crippen molar-refractivity contribution in [3.05, 3.63) is 0 Å². The van der Waals surface area contributed by atoms with Crippen molar-refractivity contribution in [3.8, 4) is 0 Å². The van der Waals surface area contributed by atoms with Crippen molar-refractivity contribution in [3.63, 3.8) is 0 Å². The average Bonchev–Trinajstić information content (AvgIpc) is 2.63. The molecule has 3 heteroatoms. The van der Waals surface area contributed by atoms with Crippen LogP contribution in [0.25, 0.3) is 0 Å². The molecule has 0 radical (unpaired) electrons. The van der Waals surface area contributed by atoms with Gasteiger partial charge >= 0.3 is 0 Å². The summed E-state index contributed by atoms with van der Waals surface area (Å²) in [5, 5.41) is 11.7. The third-order valence-electron chi connectivity index (χ3n) is 3.96. The number of unbranched alkanes of at least 4 members (excludes halogenated alkanes) is 3. The Bertz CT molecular complexity index is 238. The first-order valence-electron chi connectivity index (χ1n) is 6.96. The Morgan fingerprint density at radius 1 is 1.29 bits per heavy atom. The molecule has 0 spiro atoms. The van der Waals surface area contributed by atoms with Gasteiger partial charge in [0, 0.05) is 19.1 Å². The molecule has 1 atom stereocenters. The van der Waals surface area contributed by atoms with Crippen molar-refractivity contribution >= 4 is 5.91 Å². The molecular weight excluding hydrogens is 214 g/mol. The lowest BCUT2D eigenvalue weighted by Gasteiger charge is -2.25. The number of aliphatic hydroxyl groups excluding tert-OH is 1. The zero-order valence-corrected chi connectivity index (χ0v) is 11.3. The van der Waals surface area contributed by atoms with Gasteiger partial charge in [0.2, 0.25) is 5.91 Å². The van der Waals surface area contributed by atoms with E-state index in [9.17, 15) is 4.79 Å². The van der Waals surface area contributed by atoms with Crippen LogP contribution in [0.5, 0.6) is 0 Å². The summed E-state index contributed by atoms with van der Waals surface area (Å²) < 4.78 is 0.